The average molecular weight is 354 g/mol. The van der Waals surface area contributed by atoms with Crippen molar-refractivity contribution < 1.29 is 4.74 Å². The first-order chi connectivity index (χ1) is 12.0. The van der Waals surface area contributed by atoms with Crippen molar-refractivity contribution in [1.29, 1.82) is 0 Å². The highest BCUT2D eigenvalue weighted by atomic mass is 32.1. The van der Waals surface area contributed by atoms with Crippen LogP contribution in [0.1, 0.15) is 19.4 Å². The van der Waals surface area contributed by atoms with Crippen molar-refractivity contribution in [1.82, 2.24) is 19.3 Å². The van der Waals surface area contributed by atoms with Gasteiger partial charge in [0.15, 0.2) is 5.82 Å². The summed E-state index contributed by atoms with van der Waals surface area (Å²) in [5.74, 6) is 1.88. The third-order valence-corrected chi connectivity index (χ3v) is 4.81. The van der Waals surface area contributed by atoms with E-state index in [1.807, 2.05) is 19.2 Å². The molecule has 3 N–H and O–H groups in total. The molecule has 0 bridgehead atoms. The minimum absolute atomic E-state index is 0.195. The first kappa shape index (κ1) is 15.8. The highest BCUT2D eigenvalue weighted by Crippen LogP contribution is 2.37. The van der Waals surface area contributed by atoms with Gasteiger partial charge in [0.1, 0.15) is 27.9 Å². The Morgan fingerprint density at radius 1 is 1.32 bits per heavy atom. The number of nitrogens with zero attached hydrogens (tertiary/aromatic N) is 4. The molecule has 8 heteroatoms. The summed E-state index contributed by atoms with van der Waals surface area (Å²) in [4.78, 5) is 13.2. The van der Waals surface area contributed by atoms with Gasteiger partial charge in [0.2, 0.25) is 0 Å². The van der Waals surface area contributed by atoms with Crippen LogP contribution in [0.5, 0.6) is 5.75 Å². The molecule has 3 aromatic rings. The van der Waals surface area contributed by atoms with Gasteiger partial charge in [0, 0.05) is 30.8 Å². The molecule has 3 aromatic heterocycles. The molecule has 0 aliphatic carbocycles. The molecule has 1 aliphatic rings. The Morgan fingerprint density at radius 3 is 2.96 bits per heavy atom. The number of nitrogen functional groups attached to an aromatic ring is 1. The van der Waals surface area contributed by atoms with Crippen LogP contribution in [0.25, 0.3) is 22.1 Å². The molecule has 0 atom stereocenters. The van der Waals surface area contributed by atoms with Gasteiger partial charge < -0.3 is 15.8 Å². The number of anilines is 2. The molecule has 1 aliphatic heterocycles. The zero-order valence-electron chi connectivity index (χ0n) is 14.2. The maximum atomic E-state index is 5.93. The molecule has 25 heavy (non-hydrogen) atoms. The Balaban J connectivity index is 1.71. The molecule has 0 saturated carbocycles. The highest BCUT2D eigenvalue weighted by molar-refractivity contribution is 7.09. The van der Waals surface area contributed by atoms with E-state index >= 15 is 0 Å². The monoisotopic (exact) mass is 354 g/mol. The largest absolute Gasteiger partial charge is 0.486 e. The Morgan fingerprint density at radius 2 is 2.16 bits per heavy atom. The molecule has 0 unspecified atom stereocenters. The number of aromatic nitrogens is 4. The quantitative estimate of drug-likeness (QED) is 0.746. The van der Waals surface area contributed by atoms with E-state index in [0.717, 1.165) is 39.7 Å². The normalized spacial score (nSPS) is 14.8. The van der Waals surface area contributed by atoms with Gasteiger partial charge in [-0.25, -0.2) is 15.0 Å². The maximum absolute atomic E-state index is 5.93. The number of fused-ring (bicyclic) bond motifs is 1. The fourth-order valence-corrected chi connectivity index (χ4v) is 3.69. The molecule has 0 amide bonds. The van der Waals surface area contributed by atoms with Crippen molar-refractivity contribution in [2.45, 2.75) is 25.9 Å². The number of nitrogens with two attached hydrogens (primary N) is 1. The summed E-state index contributed by atoms with van der Waals surface area (Å²) in [5.41, 5.74) is 9.25. The van der Waals surface area contributed by atoms with Gasteiger partial charge in [0.05, 0.1) is 11.9 Å². The van der Waals surface area contributed by atoms with E-state index in [1.54, 1.807) is 12.4 Å². The average Bonchev–Trinajstić information content (AvgIpc) is 3.16. The van der Waals surface area contributed by atoms with E-state index < -0.39 is 0 Å². The van der Waals surface area contributed by atoms with Crippen LogP contribution in [0.15, 0.2) is 24.5 Å². The SMILES string of the molecule is CNc1c(-c2nc(-c3cc4c(cn3)OC(C)(C)C4)ns2)ccnc1N. The Kier molecular flexibility index (Phi) is 3.57. The molecule has 0 fully saturated rings. The van der Waals surface area contributed by atoms with Crippen molar-refractivity contribution >= 4 is 23.0 Å². The van der Waals surface area contributed by atoms with Crippen molar-refractivity contribution in [2.24, 2.45) is 0 Å². The first-order valence-electron chi connectivity index (χ1n) is 7.91. The lowest BCUT2D eigenvalue weighted by molar-refractivity contribution is 0.138. The second kappa shape index (κ2) is 5.66. The third kappa shape index (κ3) is 2.78. The van der Waals surface area contributed by atoms with Crippen LogP contribution in [0.2, 0.25) is 0 Å². The fraction of sp³-hybridized carbons (Fsp3) is 0.294. The zero-order chi connectivity index (χ0) is 17.6. The van der Waals surface area contributed by atoms with Gasteiger partial charge in [0.25, 0.3) is 0 Å². The number of hydrogen-bond donors (Lipinski definition) is 2. The summed E-state index contributed by atoms with van der Waals surface area (Å²) in [6.45, 7) is 4.14. The van der Waals surface area contributed by atoms with E-state index in [0.29, 0.717) is 11.6 Å². The van der Waals surface area contributed by atoms with Crippen LogP contribution in [-0.4, -0.2) is 32.0 Å². The van der Waals surface area contributed by atoms with Crippen LogP contribution in [0, 0.1) is 0 Å². The van der Waals surface area contributed by atoms with Crippen LogP contribution >= 0.6 is 11.5 Å². The van der Waals surface area contributed by atoms with E-state index in [9.17, 15) is 0 Å². The molecule has 0 saturated heterocycles. The molecule has 7 nitrogen and oxygen atoms in total. The van der Waals surface area contributed by atoms with Crippen molar-refractivity contribution in [2.75, 3.05) is 18.1 Å². The van der Waals surface area contributed by atoms with E-state index in [2.05, 4.69) is 38.5 Å². The Hall–Kier alpha value is -2.74. The molecule has 128 valence electrons. The van der Waals surface area contributed by atoms with Gasteiger partial charge in [-0.3, -0.25) is 0 Å². The Bertz CT molecular complexity index is 952. The summed E-state index contributed by atoms with van der Waals surface area (Å²) in [6, 6.07) is 3.88. The van der Waals surface area contributed by atoms with E-state index in [-0.39, 0.29) is 5.60 Å². The van der Waals surface area contributed by atoms with Crippen LogP contribution in [0.3, 0.4) is 0 Å². The van der Waals surface area contributed by atoms with Crippen LogP contribution in [0.4, 0.5) is 11.5 Å². The third-order valence-electron chi connectivity index (χ3n) is 4.07. The van der Waals surface area contributed by atoms with Crippen molar-refractivity contribution in [3.63, 3.8) is 0 Å². The van der Waals surface area contributed by atoms with Crippen LogP contribution < -0.4 is 15.8 Å². The topological polar surface area (TPSA) is 98.8 Å². The predicted octanol–water partition coefficient (Wildman–Crippen LogP) is 3.00. The van der Waals surface area contributed by atoms with Gasteiger partial charge in [-0.2, -0.15) is 4.37 Å². The summed E-state index contributed by atoms with van der Waals surface area (Å²) in [7, 11) is 1.81. The molecule has 0 spiro atoms. The maximum Gasteiger partial charge on any atom is 0.192 e. The number of ether oxygens (including phenoxy) is 1. The highest BCUT2D eigenvalue weighted by Gasteiger charge is 2.30. The Labute approximate surface area is 149 Å². The minimum atomic E-state index is -0.195. The smallest absolute Gasteiger partial charge is 0.192 e. The van der Waals surface area contributed by atoms with E-state index in [4.69, 9.17) is 10.5 Å². The second-order valence-corrected chi connectivity index (χ2v) is 7.26. The summed E-state index contributed by atoms with van der Waals surface area (Å²) < 4.78 is 10.3. The number of nitrogens with one attached hydrogen (secondary N) is 1. The first-order valence-corrected chi connectivity index (χ1v) is 8.69. The van der Waals surface area contributed by atoms with Crippen molar-refractivity contribution in [3.05, 3.63) is 30.1 Å². The summed E-state index contributed by atoms with van der Waals surface area (Å²) >= 11 is 1.31. The molecule has 0 radical (unpaired) electrons. The van der Waals surface area contributed by atoms with Gasteiger partial charge in [-0.05, 0) is 37.5 Å². The van der Waals surface area contributed by atoms with Gasteiger partial charge >= 0.3 is 0 Å². The number of rotatable bonds is 3. The lowest BCUT2D eigenvalue weighted by Gasteiger charge is -2.16. The molecule has 4 rings (SSSR count). The van der Waals surface area contributed by atoms with Gasteiger partial charge in [-0.1, -0.05) is 0 Å². The molecular formula is C17H18N6OS. The standard InChI is InChI=1S/C17H18N6OS/c1-17(2)7-9-6-11(21-8-12(9)24-17)15-22-16(25-23-15)10-4-5-20-14(18)13(10)19-3/h4-6,8,19H,7H2,1-3H3,(H2,18,20). The molecule has 4 heterocycles. The zero-order valence-corrected chi connectivity index (χ0v) is 15.0. The van der Waals surface area contributed by atoms with Gasteiger partial charge in [-0.15, -0.1) is 0 Å². The predicted molar refractivity (Wildman–Crippen MR) is 98.7 cm³/mol. The minimum Gasteiger partial charge on any atom is -0.486 e. The second-order valence-electron chi connectivity index (χ2n) is 6.51. The number of hydrogen-bond acceptors (Lipinski definition) is 8. The summed E-state index contributed by atoms with van der Waals surface area (Å²) in [6.07, 6.45) is 4.27. The summed E-state index contributed by atoms with van der Waals surface area (Å²) in [5, 5.41) is 3.84. The van der Waals surface area contributed by atoms with Crippen molar-refractivity contribution in [3.8, 4) is 27.8 Å². The fourth-order valence-electron chi connectivity index (χ4n) is 2.99. The lowest BCUT2D eigenvalue weighted by atomic mass is 10.0. The molecule has 0 aromatic carbocycles. The number of pyridine rings is 2. The van der Waals surface area contributed by atoms with Crippen LogP contribution in [-0.2, 0) is 6.42 Å². The molecular weight excluding hydrogens is 336 g/mol. The van der Waals surface area contributed by atoms with E-state index in [1.165, 1.54) is 11.5 Å². The lowest BCUT2D eigenvalue weighted by Crippen LogP contribution is -2.24.